The number of hydrogen-bond donors (Lipinski definition) is 3. The lowest BCUT2D eigenvalue weighted by atomic mass is 10.2. The van der Waals surface area contributed by atoms with Crippen molar-refractivity contribution in [3.05, 3.63) is 36.5 Å². The minimum Gasteiger partial charge on any atom is -0.383 e. The van der Waals surface area contributed by atoms with Crippen molar-refractivity contribution in [3.8, 4) is 0 Å². The normalized spacial score (nSPS) is 11.6. The topological polar surface area (TPSA) is 84.6 Å². The first-order valence-electron chi connectivity index (χ1n) is 5.96. The number of aromatic nitrogens is 1. The third-order valence-corrected chi connectivity index (χ3v) is 2.59. The van der Waals surface area contributed by atoms with Crippen LogP contribution in [0.4, 0.5) is 5.69 Å². The summed E-state index contributed by atoms with van der Waals surface area (Å²) >= 11 is 0. The average molecular weight is 259 g/mol. The number of ether oxygens (including phenoxy) is 1. The second-order valence-corrected chi connectivity index (χ2v) is 3.87. The SMILES string of the molecule is COCCN=C(NN)Nc1cccc2cccnc12. The Morgan fingerprint density at radius 1 is 1.37 bits per heavy atom. The number of methoxy groups -OCH3 is 1. The molecular weight excluding hydrogens is 242 g/mol. The summed E-state index contributed by atoms with van der Waals surface area (Å²) in [5, 5.41) is 4.18. The Kier molecular flexibility index (Phi) is 4.66. The summed E-state index contributed by atoms with van der Waals surface area (Å²) in [7, 11) is 1.63. The molecule has 1 heterocycles. The van der Waals surface area contributed by atoms with E-state index in [0.29, 0.717) is 19.1 Å². The second-order valence-electron chi connectivity index (χ2n) is 3.87. The highest BCUT2D eigenvalue weighted by Crippen LogP contribution is 2.20. The molecule has 0 radical (unpaired) electrons. The van der Waals surface area contributed by atoms with Crippen LogP contribution >= 0.6 is 0 Å². The number of pyridine rings is 1. The minimum atomic E-state index is 0.482. The molecule has 2 rings (SSSR count). The van der Waals surface area contributed by atoms with Crippen molar-refractivity contribution >= 4 is 22.5 Å². The Hall–Kier alpha value is -2.18. The Balaban J connectivity index is 2.22. The van der Waals surface area contributed by atoms with Gasteiger partial charge in [-0.25, -0.2) is 10.8 Å². The number of rotatable bonds is 4. The maximum Gasteiger partial charge on any atom is 0.210 e. The van der Waals surface area contributed by atoms with Crippen molar-refractivity contribution in [3.63, 3.8) is 0 Å². The van der Waals surface area contributed by atoms with Crippen LogP contribution < -0.4 is 16.6 Å². The Morgan fingerprint density at radius 2 is 2.21 bits per heavy atom. The van der Waals surface area contributed by atoms with Crippen LogP contribution in [0.2, 0.25) is 0 Å². The van der Waals surface area contributed by atoms with E-state index in [1.54, 1.807) is 13.3 Å². The summed E-state index contributed by atoms with van der Waals surface area (Å²) in [6.07, 6.45) is 1.76. The van der Waals surface area contributed by atoms with Crippen LogP contribution in [0.5, 0.6) is 0 Å². The number of anilines is 1. The molecule has 0 saturated heterocycles. The number of fused-ring (bicyclic) bond motifs is 1. The molecular formula is C13H17N5O. The molecule has 0 amide bonds. The highest BCUT2D eigenvalue weighted by Gasteiger charge is 2.03. The summed E-state index contributed by atoms with van der Waals surface area (Å²) in [5.41, 5.74) is 4.26. The molecule has 0 aliphatic rings. The number of guanidine groups is 1. The molecule has 0 saturated carbocycles. The molecule has 0 unspecified atom stereocenters. The van der Waals surface area contributed by atoms with E-state index in [0.717, 1.165) is 16.6 Å². The van der Waals surface area contributed by atoms with Crippen LogP contribution in [0.15, 0.2) is 41.5 Å². The Labute approximate surface area is 111 Å². The molecule has 1 aromatic heterocycles. The van der Waals surface area contributed by atoms with Gasteiger partial charge in [-0.2, -0.15) is 0 Å². The van der Waals surface area contributed by atoms with Gasteiger partial charge < -0.3 is 10.1 Å². The molecule has 0 aliphatic heterocycles. The highest BCUT2D eigenvalue weighted by atomic mass is 16.5. The molecule has 100 valence electrons. The first-order valence-corrected chi connectivity index (χ1v) is 5.96. The Bertz CT molecular complexity index is 564. The third kappa shape index (κ3) is 3.40. The summed E-state index contributed by atoms with van der Waals surface area (Å²) in [6, 6.07) is 9.80. The second kappa shape index (κ2) is 6.67. The first kappa shape index (κ1) is 13.3. The number of para-hydroxylation sites is 1. The van der Waals surface area contributed by atoms with Crippen LogP contribution in [0.3, 0.4) is 0 Å². The molecule has 4 N–H and O–H groups in total. The van der Waals surface area contributed by atoms with Crippen molar-refractivity contribution in [2.24, 2.45) is 10.8 Å². The number of nitrogens with zero attached hydrogens (tertiary/aromatic N) is 2. The van der Waals surface area contributed by atoms with Crippen LogP contribution in [0.25, 0.3) is 10.9 Å². The number of hydrazine groups is 1. The molecule has 19 heavy (non-hydrogen) atoms. The minimum absolute atomic E-state index is 0.482. The number of aliphatic imine (C=N–C) groups is 1. The van der Waals surface area contributed by atoms with Crippen molar-refractivity contribution in [1.82, 2.24) is 10.4 Å². The number of benzene rings is 1. The van der Waals surface area contributed by atoms with E-state index in [4.69, 9.17) is 10.6 Å². The lowest BCUT2D eigenvalue weighted by molar-refractivity contribution is 0.208. The van der Waals surface area contributed by atoms with E-state index in [1.807, 2.05) is 30.3 Å². The van der Waals surface area contributed by atoms with Crippen LogP contribution in [0.1, 0.15) is 0 Å². The predicted octanol–water partition coefficient (Wildman–Crippen LogP) is 1.11. The first-order chi connectivity index (χ1) is 9.35. The van der Waals surface area contributed by atoms with Gasteiger partial charge in [0, 0.05) is 18.7 Å². The maximum absolute atomic E-state index is 5.44. The molecule has 0 aliphatic carbocycles. The quantitative estimate of drug-likeness (QED) is 0.252. The van der Waals surface area contributed by atoms with Gasteiger partial charge in [0.2, 0.25) is 5.96 Å². The molecule has 2 aromatic rings. The maximum atomic E-state index is 5.44. The van der Waals surface area contributed by atoms with Gasteiger partial charge in [0.15, 0.2) is 0 Å². The van der Waals surface area contributed by atoms with Crippen molar-refractivity contribution < 1.29 is 4.74 Å². The summed E-state index contributed by atoms with van der Waals surface area (Å²) < 4.78 is 4.94. The fourth-order valence-corrected chi connectivity index (χ4v) is 1.70. The third-order valence-electron chi connectivity index (χ3n) is 2.59. The van der Waals surface area contributed by atoms with Crippen molar-refractivity contribution in [2.45, 2.75) is 0 Å². The molecule has 0 atom stereocenters. The van der Waals surface area contributed by atoms with Crippen LogP contribution in [-0.4, -0.2) is 31.2 Å². The fourth-order valence-electron chi connectivity index (χ4n) is 1.70. The van der Waals surface area contributed by atoms with Gasteiger partial charge >= 0.3 is 0 Å². The molecule has 1 aromatic carbocycles. The van der Waals surface area contributed by atoms with Gasteiger partial charge in [-0.1, -0.05) is 18.2 Å². The van der Waals surface area contributed by atoms with Gasteiger partial charge in [-0.05, 0) is 12.1 Å². The van der Waals surface area contributed by atoms with E-state index in [9.17, 15) is 0 Å². The smallest absolute Gasteiger partial charge is 0.210 e. The zero-order valence-electron chi connectivity index (χ0n) is 10.8. The fraction of sp³-hybridized carbons (Fsp3) is 0.231. The average Bonchev–Trinajstić information content (AvgIpc) is 2.46. The predicted molar refractivity (Wildman–Crippen MR) is 76.9 cm³/mol. The largest absolute Gasteiger partial charge is 0.383 e. The van der Waals surface area contributed by atoms with E-state index in [1.165, 1.54) is 0 Å². The number of nitrogens with one attached hydrogen (secondary N) is 2. The lowest BCUT2D eigenvalue weighted by Crippen LogP contribution is -2.36. The monoisotopic (exact) mass is 259 g/mol. The van der Waals surface area contributed by atoms with E-state index < -0.39 is 0 Å². The van der Waals surface area contributed by atoms with Crippen LogP contribution in [-0.2, 0) is 4.74 Å². The van der Waals surface area contributed by atoms with Crippen molar-refractivity contribution in [2.75, 3.05) is 25.6 Å². The van der Waals surface area contributed by atoms with E-state index >= 15 is 0 Å². The summed E-state index contributed by atoms with van der Waals surface area (Å²) in [4.78, 5) is 8.60. The van der Waals surface area contributed by atoms with Gasteiger partial charge in [0.25, 0.3) is 0 Å². The lowest BCUT2D eigenvalue weighted by Gasteiger charge is -2.11. The zero-order chi connectivity index (χ0) is 13.5. The summed E-state index contributed by atoms with van der Waals surface area (Å²) in [5.74, 6) is 5.92. The zero-order valence-corrected chi connectivity index (χ0v) is 10.8. The van der Waals surface area contributed by atoms with Gasteiger partial charge in [-0.3, -0.25) is 10.4 Å². The van der Waals surface area contributed by atoms with Gasteiger partial charge in [-0.15, -0.1) is 0 Å². The van der Waals surface area contributed by atoms with Crippen LogP contribution in [0, 0.1) is 0 Å². The van der Waals surface area contributed by atoms with E-state index in [-0.39, 0.29) is 0 Å². The molecule has 0 fully saturated rings. The van der Waals surface area contributed by atoms with Gasteiger partial charge in [0.1, 0.15) is 0 Å². The Morgan fingerprint density at radius 3 is 3.00 bits per heavy atom. The molecule has 0 spiro atoms. The molecule has 6 heteroatoms. The molecule has 6 nitrogen and oxygen atoms in total. The standard InChI is InChI=1S/C13H17N5O/c1-19-9-8-16-13(18-14)17-11-6-2-4-10-5-3-7-15-12(10)11/h2-7H,8-9,14H2,1H3,(H2,16,17,18). The highest BCUT2D eigenvalue weighted by molar-refractivity contribution is 6.01. The number of hydrogen-bond acceptors (Lipinski definition) is 4. The van der Waals surface area contributed by atoms with E-state index in [2.05, 4.69) is 20.7 Å². The number of nitrogens with two attached hydrogens (primary N) is 1. The van der Waals surface area contributed by atoms with Crippen molar-refractivity contribution in [1.29, 1.82) is 0 Å². The van der Waals surface area contributed by atoms with Gasteiger partial charge in [0.05, 0.1) is 24.4 Å². The summed E-state index contributed by atoms with van der Waals surface area (Å²) in [6.45, 7) is 1.07. The molecule has 0 bridgehead atoms.